The summed E-state index contributed by atoms with van der Waals surface area (Å²) < 4.78 is 27.7. The standard InChI is InChI=1S/C28H30ClF2N3O4/c1-16(33-22-8-6-19(7-9-22)17(2)35)23(13-32)28(38)34(14-18-10-20(30)12-21(31)11-18)15-26(37)27-24(29)4-3-5-25(27)36/h3-5,10-13,19,22,32-33,36H,6-9,14-15H2,1-2H3/b23-16+,32-13?/t19-,22-. The van der Waals surface area contributed by atoms with Crippen LogP contribution in [-0.2, 0) is 16.1 Å². The molecule has 38 heavy (non-hydrogen) atoms. The van der Waals surface area contributed by atoms with Gasteiger partial charge in [0.2, 0.25) is 0 Å². The summed E-state index contributed by atoms with van der Waals surface area (Å²) in [7, 11) is 0. The molecule has 0 unspecified atom stereocenters. The van der Waals surface area contributed by atoms with Gasteiger partial charge in [-0.15, -0.1) is 0 Å². The maximum Gasteiger partial charge on any atom is 0.257 e. The van der Waals surface area contributed by atoms with E-state index in [0.29, 0.717) is 11.8 Å². The van der Waals surface area contributed by atoms with Crippen molar-refractivity contribution in [2.45, 2.75) is 52.1 Å². The number of carbonyl (C=O) groups excluding carboxylic acids is 3. The molecule has 10 heteroatoms. The predicted molar refractivity (Wildman–Crippen MR) is 140 cm³/mol. The first-order valence-corrected chi connectivity index (χ1v) is 12.6. The fourth-order valence-electron chi connectivity index (χ4n) is 4.69. The Hall–Kier alpha value is -3.59. The molecule has 0 aromatic heterocycles. The number of nitrogens with one attached hydrogen (secondary N) is 2. The number of allylic oxidation sites excluding steroid dienone is 1. The van der Waals surface area contributed by atoms with E-state index in [1.165, 1.54) is 18.2 Å². The molecule has 1 amide bonds. The normalized spacial score (nSPS) is 17.8. The van der Waals surface area contributed by atoms with E-state index in [2.05, 4.69) is 5.32 Å². The lowest BCUT2D eigenvalue weighted by molar-refractivity contribution is -0.126. The van der Waals surface area contributed by atoms with Crippen LogP contribution in [0.25, 0.3) is 0 Å². The summed E-state index contributed by atoms with van der Waals surface area (Å²) in [5.74, 6) is -3.27. The number of amides is 1. The van der Waals surface area contributed by atoms with Gasteiger partial charge in [0, 0.05) is 36.5 Å². The molecule has 0 radical (unpaired) electrons. The number of halogens is 3. The maximum atomic E-state index is 13.9. The second-order valence-electron chi connectivity index (χ2n) is 9.48. The van der Waals surface area contributed by atoms with Gasteiger partial charge in [0.1, 0.15) is 23.2 Å². The molecule has 0 saturated heterocycles. The third-order valence-corrected chi connectivity index (χ3v) is 7.00. The number of hydrogen-bond donors (Lipinski definition) is 3. The molecule has 1 aliphatic rings. The zero-order valence-electron chi connectivity index (χ0n) is 21.2. The topological polar surface area (TPSA) is 111 Å². The van der Waals surface area contributed by atoms with Gasteiger partial charge in [-0.05, 0) is 69.4 Å². The van der Waals surface area contributed by atoms with E-state index in [1.807, 2.05) is 0 Å². The summed E-state index contributed by atoms with van der Waals surface area (Å²) in [4.78, 5) is 39.4. The van der Waals surface area contributed by atoms with Crippen molar-refractivity contribution in [1.29, 1.82) is 5.41 Å². The van der Waals surface area contributed by atoms with Gasteiger partial charge in [-0.3, -0.25) is 14.4 Å². The minimum Gasteiger partial charge on any atom is -0.507 e. The number of phenols is 1. The quantitative estimate of drug-likeness (QED) is 0.216. The molecule has 2 aromatic rings. The van der Waals surface area contributed by atoms with Gasteiger partial charge >= 0.3 is 0 Å². The second kappa shape index (κ2) is 12.8. The molecule has 1 fully saturated rings. The number of phenolic OH excluding ortho intramolecular Hbond substituents is 1. The first-order chi connectivity index (χ1) is 18.0. The number of rotatable bonds is 10. The average Bonchev–Trinajstić information content (AvgIpc) is 2.83. The third-order valence-electron chi connectivity index (χ3n) is 6.69. The van der Waals surface area contributed by atoms with E-state index in [0.717, 1.165) is 48.9 Å². The van der Waals surface area contributed by atoms with Crippen molar-refractivity contribution in [2.75, 3.05) is 6.54 Å². The number of hydrogen-bond acceptors (Lipinski definition) is 6. The molecule has 7 nitrogen and oxygen atoms in total. The first-order valence-electron chi connectivity index (χ1n) is 12.2. The Morgan fingerprint density at radius 3 is 2.29 bits per heavy atom. The highest BCUT2D eigenvalue weighted by molar-refractivity contribution is 6.34. The number of aromatic hydroxyl groups is 1. The van der Waals surface area contributed by atoms with Gasteiger partial charge in [0.25, 0.3) is 5.91 Å². The first kappa shape index (κ1) is 29.0. The molecule has 0 spiro atoms. The zero-order chi connectivity index (χ0) is 28.0. The van der Waals surface area contributed by atoms with Crippen molar-refractivity contribution in [3.8, 4) is 5.75 Å². The number of Topliss-reactive ketones (excluding diaryl/α,β-unsaturated/α-hetero) is 2. The van der Waals surface area contributed by atoms with Crippen LogP contribution in [0, 0.1) is 23.0 Å². The van der Waals surface area contributed by atoms with Crippen molar-refractivity contribution in [2.24, 2.45) is 5.92 Å². The van der Waals surface area contributed by atoms with Crippen LogP contribution >= 0.6 is 11.6 Å². The van der Waals surface area contributed by atoms with Gasteiger partial charge in [-0.1, -0.05) is 17.7 Å². The molecule has 3 N–H and O–H groups in total. The molecule has 0 heterocycles. The van der Waals surface area contributed by atoms with Crippen LogP contribution in [0.15, 0.2) is 47.7 Å². The van der Waals surface area contributed by atoms with Crippen molar-refractivity contribution in [3.05, 3.63) is 75.5 Å². The number of benzene rings is 2. The summed E-state index contributed by atoms with van der Waals surface area (Å²) in [6.07, 6.45) is 3.75. The van der Waals surface area contributed by atoms with Crippen LogP contribution in [0.2, 0.25) is 5.02 Å². The molecule has 1 saturated carbocycles. The highest BCUT2D eigenvalue weighted by Crippen LogP contribution is 2.27. The van der Waals surface area contributed by atoms with Crippen LogP contribution in [0.4, 0.5) is 8.78 Å². The van der Waals surface area contributed by atoms with Crippen LogP contribution in [0.1, 0.15) is 55.5 Å². The van der Waals surface area contributed by atoms with Crippen LogP contribution < -0.4 is 5.32 Å². The Bertz CT molecular complexity index is 1230. The molecule has 3 rings (SSSR count). The van der Waals surface area contributed by atoms with Crippen molar-refractivity contribution >= 4 is 35.3 Å². The smallest absolute Gasteiger partial charge is 0.257 e. The Morgan fingerprint density at radius 1 is 1.11 bits per heavy atom. The predicted octanol–water partition coefficient (Wildman–Crippen LogP) is 5.20. The Balaban J connectivity index is 1.89. The summed E-state index contributed by atoms with van der Waals surface area (Å²) in [6, 6.07) is 6.95. The minimum absolute atomic E-state index is 0.000759. The highest BCUT2D eigenvalue weighted by Gasteiger charge is 2.27. The van der Waals surface area contributed by atoms with Crippen LogP contribution in [0.3, 0.4) is 0 Å². The molecule has 1 aliphatic carbocycles. The number of nitrogens with zero attached hydrogens (tertiary/aromatic N) is 1. The molecule has 0 atom stereocenters. The largest absolute Gasteiger partial charge is 0.507 e. The Morgan fingerprint density at radius 2 is 1.74 bits per heavy atom. The lowest BCUT2D eigenvalue weighted by atomic mass is 9.84. The van der Waals surface area contributed by atoms with E-state index >= 15 is 0 Å². The number of carbonyl (C=O) groups is 3. The van der Waals surface area contributed by atoms with Crippen molar-refractivity contribution in [3.63, 3.8) is 0 Å². The minimum atomic E-state index is -0.843. The highest BCUT2D eigenvalue weighted by atomic mass is 35.5. The lowest BCUT2D eigenvalue weighted by Crippen LogP contribution is -2.39. The maximum absolute atomic E-state index is 13.9. The summed E-state index contributed by atoms with van der Waals surface area (Å²) >= 11 is 6.11. The summed E-state index contributed by atoms with van der Waals surface area (Å²) in [5.41, 5.74) is 0.283. The molecule has 2 aromatic carbocycles. The fraction of sp³-hybridized carbons (Fsp3) is 0.357. The van der Waals surface area contributed by atoms with Crippen LogP contribution in [0.5, 0.6) is 5.75 Å². The van der Waals surface area contributed by atoms with E-state index in [9.17, 15) is 28.3 Å². The average molecular weight is 546 g/mol. The van der Waals surface area contributed by atoms with E-state index in [4.69, 9.17) is 17.0 Å². The van der Waals surface area contributed by atoms with Crippen LogP contribution in [-0.4, -0.2) is 46.3 Å². The van der Waals surface area contributed by atoms with Gasteiger partial charge < -0.3 is 20.7 Å². The Kier molecular flexibility index (Phi) is 9.74. The van der Waals surface area contributed by atoms with E-state index < -0.39 is 29.9 Å². The van der Waals surface area contributed by atoms with Gasteiger partial charge in [-0.25, -0.2) is 8.78 Å². The van der Waals surface area contributed by atoms with E-state index in [-0.39, 0.29) is 51.8 Å². The monoisotopic (exact) mass is 545 g/mol. The Labute approximate surface area is 225 Å². The van der Waals surface area contributed by atoms with Crippen molar-refractivity contribution < 1.29 is 28.3 Å². The molecule has 0 bridgehead atoms. The zero-order valence-corrected chi connectivity index (χ0v) is 21.9. The van der Waals surface area contributed by atoms with Gasteiger partial charge in [0.05, 0.1) is 22.7 Å². The number of ketones is 2. The lowest BCUT2D eigenvalue weighted by Gasteiger charge is -2.30. The van der Waals surface area contributed by atoms with Crippen molar-refractivity contribution in [1.82, 2.24) is 10.2 Å². The molecular weight excluding hydrogens is 516 g/mol. The van der Waals surface area contributed by atoms with E-state index in [1.54, 1.807) is 13.8 Å². The molecule has 0 aliphatic heterocycles. The third kappa shape index (κ3) is 7.25. The molecule has 202 valence electrons. The SMILES string of the molecule is C/C(N[C@H]1CC[C@H](C(C)=O)CC1)=C(/C=N)C(=O)N(CC(=O)c1c(O)cccc1Cl)Cc1cc(F)cc(F)c1. The second-order valence-corrected chi connectivity index (χ2v) is 9.89. The summed E-state index contributed by atoms with van der Waals surface area (Å²) in [5, 5.41) is 21.3. The fourth-order valence-corrected chi connectivity index (χ4v) is 4.97. The summed E-state index contributed by atoms with van der Waals surface area (Å²) in [6.45, 7) is 2.32. The van der Waals surface area contributed by atoms with Gasteiger partial charge in [0.15, 0.2) is 5.78 Å². The van der Waals surface area contributed by atoms with Gasteiger partial charge in [-0.2, -0.15) is 0 Å². The molecular formula is C28H30ClF2N3O4.